The highest BCUT2D eigenvalue weighted by molar-refractivity contribution is 6.41. The monoisotopic (exact) mass is 154 g/mol. The highest BCUT2D eigenvalue weighted by Crippen LogP contribution is 1.95. The number of hydrogen-bond donors (Lipinski definition) is 3. The van der Waals surface area contributed by atoms with Crippen molar-refractivity contribution in [2.75, 3.05) is 0 Å². The second kappa shape index (κ2) is 3.65. The van der Waals surface area contributed by atoms with Gasteiger partial charge in [0.15, 0.2) is 0 Å². The maximum absolute atomic E-state index is 10.2. The molecule has 0 aromatic heterocycles. The maximum Gasteiger partial charge on any atom is 0.354 e. The third-order valence-electron chi connectivity index (χ3n) is 1.04. The predicted octanol–water partition coefficient (Wildman–Crippen LogP) is 1.08. The Kier molecular flexibility index (Phi) is 3.17. The van der Waals surface area contributed by atoms with Crippen LogP contribution >= 0.6 is 0 Å². The minimum atomic E-state index is -1.26. The number of allylic oxidation sites excluding steroid dienone is 1. The van der Waals surface area contributed by atoms with Crippen LogP contribution in [0.1, 0.15) is 13.8 Å². The zero-order chi connectivity index (χ0) is 9.02. The van der Waals surface area contributed by atoms with E-state index in [9.17, 15) is 4.79 Å². The molecule has 0 radical (unpaired) electrons. The number of carboxylic acid groups (broad SMARTS) is 1. The lowest BCUT2D eigenvalue weighted by Gasteiger charge is -1.96. The van der Waals surface area contributed by atoms with Crippen LogP contribution in [0.25, 0.3) is 0 Å². The van der Waals surface area contributed by atoms with E-state index in [0.717, 1.165) is 0 Å². The lowest BCUT2D eigenvalue weighted by molar-refractivity contribution is -0.129. The van der Waals surface area contributed by atoms with Crippen molar-refractivity contribution in [3.05, 3.63) is 11.6 Å². The first-order valence-corrected chi connectivity index (χ1v) is 3.01. The summed E-state index contributed by atoms with van der Waals surface area (Å²) in [5.41, 5.74) is 0.0788. The minimum absolute atomic E-state index is 0.244. The molecule has 0 aromatic carbocycles. The van der Waals surface area contributed by atoms with E-state index in [-0.39, 0.29) is 5.71 Å². The van der Waals surface area contributed by atoms with Gasteiger partial charge in [0.25, 0.3) is 0 Å². The topological polar surface area (TPSA) is 85.0 Å². The number of carboxylic acids is 1. The van der Waals surface area contributed by atoms with E-state index in [0.29, 0.717) is 5.57 Å². The fourth-order valence-corrected chi connectivity index (χ4v) is 0.566. The molecule has 3 N–H and O–H groups in total. The number of carbonyl (C=O) groups is 1. The molecular weight excluding hydrogens is 144 g/mol. The van der Waals surface area contributed by atoms with Crippen molar-refractivity contribution in [1.29, 1.82) is 10.8 Å². The van der Waals surface area contributed by atoms with Gasteiger partial charge in [0, 0.05) is 5.71 Å². The van der Waals surface area contributed by atoms with E-state index >= 15 is 0 Å². The number of rotatable bonds is 3. The SMILES string of the molecule is CC(=N)/C=C(/C)C(=N)C(=O)O. The van der Waals surface area contributed by atoms with Crippen molar-refractivity contribution in [1.82, 2.24) is 0 Å². The number of aliphatic carboxylic acids is 1. The summed E-state index contributed by atoms with van der Waals surface area (Å²) in [5.74, 6) is -1.26. The molecule has 0 saturated carbocycles. The molecular formula is C7H10N2O2. The van der Waals surface area contributed by atoms with Gasteiger partial charge in [-0.1, -0.05) is 0 Å². The molecule has 0 aliphatic rings. The Bertz CT molecular complexity index is 241. The van der Waals surface area contributed by atoms with Gasteiger partial charge in [-0.05, 0) is 25.5 Å². The van der Waals surface area contributed by atoms with Crippen LogP contribution in [-0.2, 0) is 4.79 Å². The predicted molar refractivity (Wildman–Crippen MR) is 42.5 cm³/mol. The number of hydrogen-bond acceptors (Lipinski definition) is 3. The first-order valence-electron chi connectivity index (χ1n) is 3.01. The summed E-state index contributed by atoms with van der Waals surface area (Å²) in [6.07, 6.45) is 1.34. The van der Waals surface area contributed by atoms with Crippen LogP contribution in [0.5, 0.6) is 0 Å². The van der Waals surface area contributed by atoms with Crippen LogP contribution < -0.4 is 0 Å². The van der Waals surface area contributed by atoms with Crippen LogP contribution in [0.4, 0.5) is 0 Å². The standard InChI is InChI=1S/C7H10N2O2/c1-4(3-5(2)8)6(9)7(10)11/h3,8-9H,1-2H3,(H,10,11)/b4-3-,8-5?,9-6?. The quantitative estimate of drug-likeness (QED) is 0.531. The van der Waals surface area contributed by atoms with E-state index in [1.165, 1.54) is 19.9 Å². The smallest absolute Gasteiger partial charge is 0.354 e. The second-order valence-electron chi connectivity index (χ2n) is 2.19. The van der Waals surface area contributed by atoms with E-state index in [4.69, 9.17) is 15.9 Å². The Morgan fingerprint density at radius 2 is 1.82 bits per heavy atom. The minimum Gasteiger partial charge on any atom is -0.477 e. The molecule has 0 unspecified atom stereocenters. The van der Waals surface area contributed by atoms with E-state index < -0.39 is 11.7 Å². The Morgan fingerprint density at radius 3 is 2.09 bits per heavy atom. The zero-order valence-electron chi connectivity index (χ0n) is 6.43. The Balaban J connectivity index is 4.49. The summed E-state index contributed by atoms with van der Waals surface area (Å²) in [6, 6.07) is 0. The third kappa shape index (κ3) is 3.30. The molecule has 4 heteroatoms. The van der Waals surface area contributed by atoms with Crippen molar-refractivity contribution in [3.8, 4) is 0 Å². The van der Waals surface area contributed by atoms with Crippen molar-refractivity contribution in [3.63, 3.8) is 0 Å². The molecule has 0 rings (SSSR count). The van der Waals surface area contributed by atoms with E-state index in [2.05, 4.69) is 0 Å². The highest BCUT2D eigenvalue weighted by atomic mass is 16.4. The molecule has 0 fully saturated rings. The van der Waals surface area contributed by atoms with Crippen LogP contribution in [0, 0.1) is 10.8 Å². The van der Waals surface area contributed by atoms with Gasteiger partial charge in [-0.2, -0.15) is 0 Å². The first-order chi connectivity index (χ1) is 4.95. The molecule has 0 spiro atoms. The van der Waals surface area contributed by atoms with Crippen molar-refractivity contribution in [2.24, 2.45) is 0 Å². The second-order valence-corrected chi connectivity index (χ2v) is 2.19. The van der Waals surface area contributed by atoms with Gasteiger partial charge >= 0.3 is 5.97 Å². The average Bonchev–Trinajstić information content (AvgIpc) is 1.84. The Morgan fingerprint density at radius 1 is 1.36 bits per heavy atom. The summed E-state index contributed by atoms with van der Waals surface area (Å²) in [7, 11) is 0. The molecule has 0 aliphatic heterocycles. The first kappa shape index (κ1) is 9.55. The van der Waals surface area contributed by atoms with Crippen LogP contribution in [0.3, 0.4) is 0 Å². The zero-order valence-corrected chi connectivity index (χ0v) is 6.43. The largest absolute Gasteiger partial charge is 0.477 e. The van der Waals surface area contributed by atoms with Gasteiger partial charge in [-0.15, -0.1) is 0 Å². The fourth-order valence-electron chi connectivity index (χ4n) is 0.566. The molecule has 0 saturated heterocycles. The van der Waals surface area contributed by atoms with Crippen molar-refractivity contribution in [2.45, 2.75) is 13.8 Å². The highest BCUT2D eigenvalue weighted by Gasteiger charge is 2.07. The summed E-state index contributed by atoms with van der Waals surface area (Å²) < 4.78 is 0. The molecule has 0 amide bonds. The lowest BCUT2D eigenvalue weighted by Crippen LogP contribution is -2.13. The van der Waals surface area contributed by atoms with Crippen molar-refractivity contribution >= 4 is 17.4 Å². The molecule has 4 nitrogen and oxygen atoms in total. The molecule has 0 heterocycles. The summed E-state index contributed by atoms with van der Waals surface area (Å²) in [6.45, 7) is 3.02. The van der Waals surface area contributed by atoms with Gasteiger partial charge in [0.1, 0.15) is 5.71 Å². The fraction of sp³-hybridized carbons (Fsp3) is 0.286. The van der Waals surface area contributed by atoms with Gasteiger partial charge < -0.3 is 10.5 Å². The summed E-state index contributed by atoms with van der Waals surface area (Å²) in [4.78, 5) is 10.2. The van der Waals surface area contributed by atoms with Gasteiger partial charge in [-0.3, -0.25) is 5.41 Å². The van der Waals surface area contributed by atoms with E-state index in [1.54, 1.807) is 0 Å². The van der Waals surface area contributed by atoms with Gasteiger partial charge in [-0.25, -0.2) is 4.79 Å². The van der Waals surface area contributed by atoms with Crippen LogP contribution in [0.2, 0.25) is 0 Å². The molecule has 11 heavy (non-hydrogen) atoms. The van der Waals surface area contributed by atoms with Crippen molar-refractivity contribution < 1.29 is 9.90 Å². The molecule has 60 valence electrons. The average molecular weight is 154 g/mol. The van der Waals surface area contributed by atoms with Crippen LogP contribution in [0.15, 0.2) is 11.6 Å². The van der Waals surface area contributed by atoms with Crippen LogP contribution in [-0.4, -0.2) is 22.5 Å². The summed E-state index contributed by atoms with van der Waals surface area (Å²) >= 11 is 0. The molecule has 0 bridgehead atoms. The maximum atomic E-state index is 10.2. The number of nitrogens with one attached hydrogen (secondary N) is 2. The Hall–Kier alpha value is -1.45. The lowest BCUT2D eigenvalue weighted by atomic mass is 10.1. The Labute approximate surface area is 64.6 Å². The third-order valence-corrected chi connectivity index (χ3v) is 1.04. The normalized spacial score (nSPS) is 10.9. The molecule has 0 atom stereocenters. The summed E-state index contributed by atoms with van der Waals surface area (Å²) in [5, 5.41) is 22.3. The van der Waals surface area contributed by atoms with Gasteiger partial charge in [0.05, 0.1) is 0 Å². The molecule has 0 aliphatic carbocycles. The van der Waals surface area contributed by atoms with E-state index in [1.807, 2.05) is 0 Å². The van der Waals surface area contributed by atoms with Gasteiger partial charge in [0.2, 0.25) is 0 Å². The molecule has 0 aromatic rings.